The summed E-state index contributed by atoms with van der Waals surface area (Å²) in [6.07, 6.45) is 2.25. The number of halogens is 1. The van der Waals surface area contributed by atoms with Crippen molar-refractivity contribution in [2.24, 2.45) is 0 Å². The number of carbonyl (C=O) groups excluding carboxylic acids is 1. The molecule has 1 aromatic heterocycles. The van der Waals surface area contributed by atoms with Crippen LogP contribution in [0.15, 0.2) is 60.8 Å². The van der Waals surface area contributed by atoms with Gasteiger partial charge < -0.3 is 34.1 Å². The molecule has 0 spiro atoms. The van der Waals surface area contributed by atoms with Gasteiger partial charge in [0.15, 0.2) is 6.29 Å². The highest BCUT2D eigenvalue weighted by Crippen LogP contribution is 2.37. The summed E-state index contributed by atoms with van der Waals surface area (Å²) in [6, 6.07) is 15.8. The van der Waals surface area contributed by atoms with Gasteiger partial charge >= 0.3 is 0 Å². The molecule has 2 N–H and O–H groups in total. The first-order valence-electron chi connectivity index (χ1n) is 14.0. The quantitative estimate of drug-likeness (QED) is 0.131. The summed E-state index contributed by atoms with van der Waals surface area (Å²) in [5.41, 5.74) is 6.10. The number of hydrogen-bond donors (Lipinski definition) is 2. The number of aliphatic hydroxyl groups is 1. The van der Waals surface area contributed by atoms with Crippen molar-refractivity contribution in [2.45, 2.75) is 26.7 Å². The van der Waals surface area contributed by atoms with Crippen molar-refractivity contribution in [1.29, 1.82) is 0 Å². The molecular formula is C35H37FN2O7. The van der Waals surface area contributed by atoms with Crippen molar-refractivity contribution in [3.63, 3.8) is 0 Å². The number of rotatable bonds is 12. The first-order chi connectivity index (χ1) is 21.7. The fraction of sp³-hybridized carbons (Fsp3) is 0.257. The molecule has 0 atom stereocenters. The van der Waals surface area contributed by atoms with Gasteiger partial charge in [0.1, 0.15) is 28.8 Å². The Hall–Kier alpha value is -4.77. The zero-order chi connectivity index (χ0) is 32.7. The monoisotopic (exact) mass is 616 g/mol. The molecule has 0 aliphatic carbocycles. The third kappa shape index (κ3) is 6.99. The van der Waals surface area contributed by atoms with E-state index in [0.717, 1.165) is 22.3 Å². The van der Waals surface area contributed by atoms with Crippen LogP contribution in [-0.2, 0) is 16.1 Å². The van der Waals surface area contributed by atoms with Crippen LogP contribution in [0, 0.1) is 13.8 Å². The molecule has 0 fully saturated rings. The van der Waals surface area contributed by atoms with Crippen molar-refractivity contribution in [1.82, 2.24) is 4.98 Å². The lowest BCUT2D eigenvalue weighted by molar-refractivity contribution is -0.107. The van der Waals surface area contributed by atoms with E-state index in [2.05, 4.69) is 10.3 Å². The Morgan fingerprint density at radius 2 is 1.49 bits per heavy atom. The van der Waals surface area contributed by atoms with Gasteiger partial charge in [-0.2, -0.15) is 0 Å². The van der Waals surface area contributed by atoms with Crippen molar-refractivity contribution in [2.75, 3.05) is 40.9 Å². The Morgan fingerprint density at radius 3 is 2.07 bits per heavy atom. The number of amides is 1. The maximum Gasteiger partial charge on any atom is 0.274 e. The molecule has 45 heavy (non-hydrogen) atoms. The van der Waals surface area contributed by atoms with Crippen molar-refractivity contribution < 1.29 is 38.0 Å². The van der Waals surface area contributed by atoms with Gasteiger partial charge in [0.05, 0.1) is 39.1 Å². The van der Waals surface area contributed by atoms with Crippen LogP contribution in [0.4, 0.5) is 10.1 Å². The zero-order valence-corrected chi connectivity index (χ0v) is 26.4. The summed E-state index contributed by atoms with van der Waals surface area (Å²) in [4.78, 5) is 17.5. The van der Waals surface area contributed by atoms with Gasteiger partial charge in [-0.1, -0.05) is 30.3 Å². The number of aromatic nitrogens is 1. The Labute approximate surface area is 262 Å². The first kappa shape index (κ1) is 33.1. The molecule has 1 heterocycles. The molecule has 4 aromatic rings. The van der Waals surface area contributed by atoms with Crippen LogP contribution in [-0.4, -0.2) is 51.5 Å². The minimum atomic E-state index is -0.691. The molecule has 0 radical (unpaired) electrons. The smallest absolute Gasteiger partial charge is 0.274 e. The van der Waals surface area contributed by atoms with Gasteiger partial charge in [-0.3, -0.25) is 9.78 Å². The van der Waals surface area contributed by atoms with Crippen molar-refractivity contribution in [3.05, 3.63) is 99.9 Å². The van der Waals surface area contributed by atoms with E-state index >= 15 is 4.39 Å². The number of aliphatic hydroxyl groups excluding tert-OH is 1. The van der Waals surface area contributed by atoms with Crippen LogP contribution in [0.5, 0.6) is 17.2 Å². The molecule has 3 aromatic carbocycles. The number of anilines is 1. The van der Waals surface area contributed by atoms with E-state index in [1.54, 1.807) is 0 Å². The van der Waals surface area contributed by atoms with E-state index in [1.165, 1.54) is 66.0 Å². The molecule has 236 valence electrons. The number of nitrogens with one attached hydrogen (secondary N) is 1. The third-order valence-electron chi connectivity index (χ3n) is 7.60. The van der Waals surface area contributed by atoms with Crippen molar-refractivity contribution >= 4 is 23.5 Å². The van der Waals surface area contributed by atoms with E-state index in [-0.39, 0.29) is 17.9 Å². The molecule has 0 saturated heterocycles. The largest absolute Gasteiger partial charge is 0.496 e. The highest BCUT2D eigenvalue weighted by Gasteiger charge is 2.20. The Morgan fingerprint density at radius 1 is 0.889 bits per heavy atom. The molecular weight excluding hydrogens is 579 g/mol. The average molecular weight is 617 g/mol. The summed E-state index contributed by atoms with van der Waals surface area (Å²) in [5, 5.41) is 12.7. The predicted octanol–water partition coefficient (Wildman–Crippen LogP) is 6.89. The summed E-state index contributed by atoms with van der Waals surface area (Å²) in [6.45, 7) is 3.52. The van der Waals surface area contributed by atoms with Gasteiger partial charge in [0.2, 0.25) is 0 Å². The number of ether oxygens (including phenoxy) is 5. The molecule has 0 saturated carbocycles. The number of hydrogen-bond acceptors (Lipinski definition) is 8. The van der Waals surface area contributed by atoms with Crippen LogP contribution in [0.3, 0.4) is 0 Å². The molecule has 4 rings (SSSR count). The summed E-state index contributed by atoms with van der Waals surface area (Å²) >= 11 is 0. The van der Waals surface area contributed by atoms with Crippen LogP contribution in [0.1, 0.15) is 50.2 Å². The number of nitrogens with zero attached hydrogens (tertiary/aromatic N) is 1. The summed E-state index contributed by atoms with van der Waals surface area (Å²) in [7, 11) is 7.40. The van der Waals surface area contributed by atoms with Crippen LogP contribution < -0.4 is 19.5 Å². The van der Waals surface area contributed by atoms with Gasteiger partial charge in [-0.05, 0) is 65.9 Å². The van der Waals surface area contributed by atoms with E-state index in [4.69, 9.17) is 23.7 Å². The highest BCUT2D eigenvalue weighted by atomic mass is 19.1. The second kappa shape index (κ2) is 14.8. The van der Waals surface area contributed by atoms with Gasteiger partial charge in [-0.25, -0.2) is 4.39 Å². The highest BCUT2D eigenvalue weighted by molar-refractivity contribution is 6.04. The van der Waals surface area contributed by atoms with Crippen LogP contribution in [0.25, 0.3) is 23.0 Å². The molecule has 0 unspecified atom stereocenters. The number of methoxy groups -OCH3 is 5. The zero-order valence-electron chi connectivity index (χ0n) is 26.4. The van der Waals surface area contributed by atoms with Crippen LogP contribution >= 0.6 is 0 Å². The maximum atomic E-state index is 15.6. The number of pyridine rings is 1. The third-order valence-corrected chi connectivity index (χ3v) is 7.60. The molecule has 1 amide bonds. The number of carbonyl (C=O) groups is 1. The van der Waals surface area contributed by atoms with E-state index in [9.17, 15) is 9.90 Å². The molecule has 0 aliphatic heterocycles. The Balaban J connectivity index is 1.66. The van der Waals surface area contributed by atoms with Gasteiger partial charge in [0.25, 0.3) is 5.91 Å². The standard InChI is InChI=1S/C35H37FN2O7/c1-20-22(14-28(36)23-15-31(41-3)27(19-39)32(16-23)42-4)10-8-11-24(20)25-12-9-13-29(21(25)2)38-34(40)30-17-33(43-5)26(18-37-30)35(44-6)45-7/h8-18,35,39H,19H2,1-7H3,(H,38,40)/b28-14-. The van der Waals surface area contributed by atoms with Gasteiger partial charge in [0, 0.05) is 37.7 Å². The Bertz CT molecular complexity index is 1690. The lowest BCUT2D eigenvalue weighted by Crippen LogP contribution is -2.16. The fourth-order valence-corrected chi connectivity index (χ4v) is 5.12. The van der Waals surface area contributed by atoms with E-state index in [1.807, 2.05) is 50.2 Å². The Kier molecular flexibility index (Phi) is 10.9. The van der Waals surface area contributed by atoms with Crippen LogP contribution in [0.2, 0.25) is 0 Å². The lowest BCUT2D eigenvalue weighted by Gasteiger charge is -2.18. The lowest BCUT2D eigenvalue weighted by atomic mass is 9.92. The van der Waals surface area contributed by atoms with E-state index in [0.29, 0.717) is 39.6 Å². The summed E-state index contributed by atoms with van der Waals surface area (Å²) in [5.74, 6) is 0.150. The molecule has 9 nitrogen and oxygen atoms in total. The second-order valence-electron chi connectivity index (χ2n) is 10.1. The normalized spacial score (nSPS) is 11.5. The number of benzene rings is 3. The molecule has 0 aliphatic rings. The fourth-order valence-electron chi connectivity index (χ4n) is 5.12. The minimum absolute atomic E-state index is 0.158. The maximum absolute atomic E-state index is 15.6. The second-order valence-corrected chi connectivity index (χ2v) is 10.1. The topological polar surface area (TPSA) is 108 Å². The molecule has 10 heteroatoms. The first-order valence-corrected chi connectivity index (χ1v) is 14.0. The van der Waals surface area contributed by atoms with E-state index < -0.39 is 18.0 Å². The van der Waals surface area contributed by atoms with Gasteiger partial charge in [-0.15, -0.1) is 0 Å². The van der Waals surface area contributed by atoms with Crippen molar-refractivity contribution in [3.8, 4) is 28.4 Å². The average Bonchev–Trinajstić information content (AvgIpc) is 3.06. The molecule has 0 bridgehead atoms. The summed E-state index contributed by atoms with van der Waals surface area (Å²) < 4.78 is 42.4. The predicted molar refractivity (Wildman–Crippen MR) is 171 cm³/mol. The SMILES string of the molecule is COc1cc(C(=O)Nc2cccc(-c3cccc(/C=C(\F)c4cc(OC)c(CO)c(OC)c4)c3C)c2C)ncc1C(OC)OC. The minimum Gasteiger partial charge on any atom is -0.496 e.